The second-order valence-electron chi connectivity index (χ2n) is 8.91. The Bertz CT molecular complexity index is 1540. The number of amides is 1. The summed E-state index contributed by atoms with van der Waals surface area (Å²) >= 11 is 12.3. The molecule has 40 heavy (non-hydrogen) atoms. The molecule has 1 saturated heterocycles. The zero-order chi connectivity index (χ0) is 28.2. The monoisotopic (exact) mass is 576 g/mol. The molecule has 3 heterocycles. The number of pyridine rings is 1. The van der Waals surface area contributed by atoms with Gasteiger partial charge >= 0.3 is 5.97 Å². The van der Waals surface area contributed by atoms with Gasteiger partial charge in [-0.05, 0) is 66.8 Å². The van der Waals surface area contributed by atoms with Gasteiger partial charge < -0.3 is 29.4 Å². The molecule has 4 aromatic rings. The Morgan fingerprint density at radius 2 is 1.90 bits per heavy atom. The summed E-state index contributed by atoms with van der Waals surface area (Å²) in [5.74, 6) is 0.544. The standard InChI is InChI=1S/C29H25ClN4O5S/c1-37-16-25(35)32-21-11-10-19(15-20(21)30)34-27(26(33-29(34)40)22-5-3-4-14-31-22)24-13-12-23(39-24)17-6-8-18(9-7-17)28(36)38-2/h3-15,26-27H,16H2,1-2H3,(H,32,35)(H,33,40)/t26-,27-/m1/s1. The molecule has 11 heteroatoms. The number of thiocarbonyl (C=S) groups is 1. The maximum atomic E-state index is 12.0. The van der Waals surface area contributed by atoms with Crippen molar-refractivity contribution in [1.82, 2.24) is 10.3 Å². The maximum absolute atomic E-state index is 12.0. The number of halogens is 1. The highest BCUT2D eigenvalue weighted by Crippen LogP contribution is 2.44. The molecule has 1 fully saturated rings. The van der Waals surface area contributed by atoms with Crippen LogP contribution in [0.2, 0.25) is 5.02 Å². The molecule has 5 rings (SSSR count). The quantitative estimate of drug-likeness (QED) is 0.206. The molecule has 0 radical (unpaired) electrons. The highest BCUT2D eigenvalue weighted by atomic mass is 35.5. The average molecular weight is 577 g/mol. The van der Waals surface area contributed by atoms with Crippen LogP contribution in [-0.2, 0) is 14.3 Å². The first-order chi connectivity index (χ1) is 19.4. The fourth-order valence-electron chi connectivity index (χ4n) is 4.55. The van der Waals surface area contributed by atoms with Crippen LogP contribution in [-0.4, -0.2) is 42.8 Å². The average Bonchev–Trinajstić information content (AvgIpc) is 3.59. The Balaban J connectivity index is 1.51. The first kappa shape index (κ1) is 27.3. The second-order valence-corrected chi connectivity index (χ2v) is 9.71. The smallest absolute Gasteiger partial charge is 0.337 e. The van der Waals surface area contributed by atoms with Gasteiger partial charge in [-0.3, -0.25) is 9.78 Å². The molecule has 0 aliphatic carbocycles. The molecule has 9 nitrogen and oxygen atoms in total. The van der Waals surface area contributed by atoms with Crippen molar-refractivity contribution in [2.75, 3.05) is 31.0 Å². The topological polar surface area (TPSA) is 106 Å². The number of methoxy groups -OCH3 is 2. The number of esters is 1. The Hall–Kier alpha value is -4.25. The number of nitrogens with one attached hydrogen (secondary N) is 2. The highest BCUT2D eigenvalue weighted by Gasteiger charge is 2.42. The minimum Gasteiger partial charge on any atom is -0.465 e. The molecule has 1 amide bonds. The van der Waals surface area contributed by atoms with Crippen LogP contribution in [0.4, 0.5) is 11.4 Å². The summed E-state index contributed by atoms with van der Waals surface area (Å²) in [4.78, 5) is 30.3. The molecule has 0 unspecified atom stereocenters. The van der Waals surface area contributed by atoms with Crippen LogP contribution >= 0.6 is 23.8 Å². The van der Waals surface area contributed by atoms with Crippen molar-refractivity contribution in [3.8, 4) is 11.3 Å². The molecular formula is C29H25ClN4O5S. The van der Waals surface area contributed by atoms with Crippen molar-refractivity contribution in [3.63, 3.8) is 0 Å². The minimum absolute atomic E-state index is 0.0850. The molecule has 0 saturated carbocycles. The first-order valence-electron chi connectivity index (χ1n) is 12.3. The van der Waals surface area contributed by atoms with Gasteiger partial charge in [-0.2, -0.15) is 0 Å². The first-order valence-corrected chi connectivity index (χ1v) is 13.1. The van der Waals surface area contributed by atoms with E-state index in [1.54, 1.807) is 42.6 Å². The van der Waals surface area contributed by atoms with Crippen molar-refractivity contribution >= 4 is 52.2 Å². The number of furan rings is 1. The van der Waals surface area contributed by atoms with Crippen LogP contribution in [0.3, 0.4) is 0 Å². The van der Waals surface area contributed by atoms with Gasteiger partial charge in [-0.25, -0.2) is 4.79 Å². The van der Waals surface area contributed by atoms with E-state index in [4.69, 9.17) is 37.7 Å². The van der Waals surface area contributed by atoms with E-state index in [0.717, 1.165) is 11.3 Å². The fraction of sp³-hybridized carbons (Fsp3) is 0.172. The molecule has 1 aliphatic rings. The Kier molecular flexibility index (Phi) is 8.11. The fourth-order valence-corrected chi connectivity index (χ4v) is 5.12. The predicted molar refractivity (Wildman–Crippen MR) is 155 cm³/mol. The van der Waals surface area contributed by atoms with Crippen molar-refractivity contribution in [2.24, 2.45) is 0 Å². The predicted octanol–water partition coefficient (Wildman–Crippen LogP) is 5.54. The highest BCUT2D eigenvalue weighted by molar-refractivity contribution is 7.80. The summed E-state index contributed by atoms with van der Waals surface area (Å²) in [6.07, 6.45) is 1.73. The van der Waals surface area contributed by atoms with E-state index in [2.05, 4.69) is 15.6 Å². The molecule has 2 aromatic carbocycles. The van der Waals surface area contributed by atoms with E-state index in [1.165, 1.54) is 14.2 Å². The minimum atomic E-state index is -0.408. The van der Waals surface area contributed by atoms with Crippen LogP contribution < -0.4 is 15.5 Å². The molecular weight excluding hydrogens is 552 g/mol. The van der Waals surface area contributed by atoms with Gasteiger partial charge in [0.25, 0.3) is 0 Å². The number of hydrogen-bond donors (Lipinski definition) is 2. The number of nitrogens with zero attached hydrogens (tertiary/aromatic N) is 2. The zero-order valence-electron chi connectivity index (χ0n) is 21.6. The number of hydrogen-bond acceptors (Lipinski definition) is 7. The Morgan fingerprint density at radius 3 is 2.58 bits per heavy atom. The van der Waals surface area contributed by atoms with E-state index < -0.39 is 12.0 Å². The largest absolute Gasteiger partial charge is 0.465 e. The number of rotatable bonds is 8. The Labute approximate surface area is 241 Å². The number of ether oxygens (including phenoxy) is 2. The van der Waals surface area contributed by atoms with Gasteiger partial charge in [-0.15, -0.1) is 0 Å². The van der Waals surface area contributed by atoms with Gasteiger partial charge in [0.2, 0.25) is 5.91 Å². The number of anilines is 2. The Morgan fingerprint density at radius 1 is 1.10 bits per heavy atom. The van der Waals surface area contributed by atoms with Crippen molar-refractivity contribution in [2.45, 2.75) is 12.1 Å². The van der Waals surface area contributed by atoms with Crippen LogP contribution in [0, 0.1) is 0 Å². The third kappa shape index (κ3) is 5.55. The lowest BCUT2D eigenvalue weighted by Gasteiger charge is -2.26. The third-order valence-electron chi connectivity index (χ3n) is 6.39. The lowest BCUT2D eigenvalue weighted by molar-refractivity contribution is -0.119. The van der Waals surface area contributed by atoms with Crippen molar-refractivity contribution in [3.05, 3.63) is 101 Å². The summed E-state index contributed by atoms with van der Waals surface area (Å²) in [5.41, 5.74) is 3.19. The summed E-state index contributed by atoms with van der Waals surface area (Å²) < 4.78 is 16.0. The summed E-state index contributed by atoms with van der Waals surface area (Å²) in [6, 6.07) is 21.0. The van der Waals surface area contributed by atoms with Crippen LogP contribution in [0.25, 0.3) is 11.3 Å². The van der Waals surface area contributed by atoms with E-state index in [0.29, 0.717) is 38.6 Å². The zero-order valence-corrected chi connectivity index (χ0v) is 23.2. The summed E-state index contributed by atoms with van der Waals surface area (Å²) in [7, 11) is 2.79. The SMILES string of the molecule is COCC(=O)Nc1ccc(N2C(=S)N[C@H](c3ccccn3)[C@H]2c2ccc(-c3ccc(C(=O)OC)cc3)o2)cc1Cl. The van der Waals surface area contributed by atoms with Gasteiger partial charge in [-0.1, -0.05) is 29.8 Å². The van der Waals surface area contributed by atoms with E-state index in [-0.39, 0.29) is 18.6 Å². The van der Waals surface area contributed by atoms with Crippen molar-refractivity contribution < 1.29 is 23.5 Å². The van der Waals surface area contributed by atoms with Crippen LogP contribution in [0.5, 0.6) is 0 Å². The molecule has 2 aromatic heterocycles. The van der Waals surface area contributed by atoms with Gasteiger partial charge in [0, 0.05) is 24.6 Å². The van der Waals surface area contributed by atoms with E-state index in [9.17, 15) is 9.59 Å². The van der Waals surface area contributed by atoms with E-state index >= 15 is 0 Å². The lowest BCUT2D eigenvalue weighted by atomic mass is 10.0. The molecule has 204 valence electrons. The van der Waals surface area contributed by atoms with Crippen molar-refractivity contribution in [1.29, 1.82) is 0 Å². The number of carbonyl (C=O) groups excluding carboxylic acids is 2. The second kappa shape index (κ2) is 11.9. The molecule has 0 bridgehead atoms. The third-order valence-corrected chi connectivity index (χ3v) is 7.01. The molecule has 0 spiro atoms. The molecule has 1 aliphatic heterocycles. The number of aromatic nitrogens is 1. The molecule has 2 atom stereocenters. The van der Waals surface area contributed by atoms with Crippen LogP contribution in [0.1, 0.15) is 33.9 Å². The number of carbonyl (C=O) groups is 2. The van der Waals surface area contributed by atoms with Gasteiger partial charge in [0.05, 0.1) is 35.1 Å². The summed E-state index contributed by atoms with van der Waals surface area (Å²) in [5, 5.41) is 6.92. The number of benzene rings is 2. The van der Waals surface area contributed by atoms with Gasteiger partial charge in [0.15, 0.2) is 5.11 Å². The normalized spacial score (nSPS) is 16.5. The summed E-state index contributed by atoms with van der Waals surface area (Å²) in [6.45, 7) is -0.0850. The maximum Gasteiger partial charge on any atom is 0.337 e. The van der Waals surface area contributed by atoms with Crippen LogP contribution in [0.15, 0.2) is 83.4 Å². The lowest BCUT2D eigenvalue weighted by Crippen LogP contribution is -2.29. The molecule has 2 N–H and O–H groups in total. The van der Waals surface area contributed by atoms with E-state index in [1.807, 2.05) is 41.3 Å². The van der Waals surface area contributed by atoms with Gasteiger partial charge in [0.1, 0.15) is 24.2 Å².